The van der Waals surface area contributed by atoms with Gasteiger partial charge < -0.3 is 4.90 Å². The van der Waals surface area contributed by atoms with Gasteiger partial charge in [0.25, 0.3) is 0 Å². The Morgan fingerprint density at radius 3 is 2.73 bits per heavy atom. The summed E-state index contributed by atoms with van der Waals surface area (Å²) in [6.07, 6.45) is 7.81. The number of anilines is 1. The number of benzene rings is 1. The highest BCUT2D eigenvalue weighted by Crippen LogP contribution is 2.28. The lowest BCUT2D eigenvalue weighted by molar-refractivity contribution is -0.118. The maximum atomic E-state index is 12.8. The molecule has 0 atom stereocenters. The minimum atomic E-state index is 0.0784. The van der Waals surface area contributed by atoms with E-state index in [0.29, 0.717) is 17.6 Å². The normalized spacial score (nSPS) is 10.7. The van der Waals surface area contributed by atoms with Crippen molar-refractivity contribution >= 4 is 39.3 Å². The van der Waals surface area contributed by atoms with E-state index in [-0.39, 0.29) is 5.91 Å². The van der Waals surface area contributed by atoms with E-state index in [0.717, 1.165) is 22.7 Å². The Bertz CT molecular complexity index is 854. The Labute approximate surface area is 165 Å². The number of carbonyl (C=O) groups is 1. The van der Waals surface area contributed by atoms with Crippen LogP contribution < -0.4 is 4.90 Å². The molecule has 26 heavy (non-hydrogen) atoms. The molecular formula is C19H19BrN4OS. The predicted molar refractivity (Wildman–Crippen MR) is 110 cm³/mol. The zero-order chi connectivity index (χ0) is 18.4. The Hall–Kier alpha value is -2.12. The fourth-order valence-corrected chi connectivity index (χ4v) is 3.41. The van der Waals surface area contributed by atoms with Crippen LogP contribution in [0.25, 0.3) is 5.69 Å². The fraction of sp³-hybridized carbons (Fsp3) is 0.211. The van der Waals surface area contributed by atoms with Gasteiger partial charge >= 0.3 is 0 Å². The number of nitrogens with zero attached hydrogens (tertiary/aromatic N) is 4. The molecule has 2 aromatic heterocycles. The van der Waals surface area contributed by atoms with Crippen LogP contribution in [-0.2, 0) is 11.3 Å². The van der Waals surface area contributed by atoms with Crippen LogP contribution in [0, 0.1) is 0 Å². The van der Waals surface area contributed by atoms with Gasteiger partial charge in [-0.3, -0.25) is 9.78 Å². The van der Waals surface area contributed by atoms with E-state index >= 15 is 0 Å². The molecule has 0 spiro atoms. The summed E-state index contributed by atoms with van der Waals surface area (Å²) in [5, 5.41) is 4.50. The number of amides is 1. The molecule has 134 valence electrons. The third-order valence-electron chi connectivity index (χ3n) is 3.86. The number of rotatable bonds is 7. The first-order valence-corrected chi connectivity index (χ1v) is 10.4. The van der Waals surface area contributed by atoms with Gasteiger partial charge in [-0.15, -0.1) is 0 Å². The molecule has 2 heterocycles. The minimum Gasteiger partial charge on any atom is -0.304 e. The lowest BCUT2D eigenvalue weighted by Crippen LogP contribution is -2.30. The zero-order valence-corrected chi connectivity index (χ0v) is 16.8. The summed E-state index contributed by atoms with van der Waals surface area (Å²) in [4.78, 5) is 18.8. The third-order valence-corrected chi connectivity index (χ3v) is 5.03. The molecule has 0 saturated carbocycles. The summed E-state index contributed by atoms with van der Waals surface area (Å²) >= 11 is 5.18. The molecule has 1 amide bonds. The molecule has 1 aromatic carbocycles. The number of pyridine rings is 1. The molecule has 3 rings (SSSR count). The highest BCUT2D eigenvalue weighted by Gasteiger charge is 2.21. The van der Waals surface area contributed by atoms with Crippen molar-refractivity contribution in [2.45, 2.75) is 13.0 Å². The van der Waals surface area contributed by atoms with Gasteiger partial charge in [-0.2, -0.15) is 16.9 Å². The molecule has 0 aliphatic rings. The monoisotopic (exact) mass is 430 g/mol. The van der Waals surface area contributed by atoms with Gasteiger partial charge in [-0.1, -0.05) is 30.3 Å². The van der Waals surface area contributed by atoms with Crippen molar-refractivity contribution in [1.29, 1.82) is 0 Å². The van der Waals surface area contributed by atoms with E-state index < -0.39 is 0 Å². The van der Waals surface area contributed by atoms with Crippen LogP contribution in [0.1, 0.15) is 12.0 Å². The van der Waals surface area contributed by atoms with E-state index in [9.17, 15) is 4.79 Å². The summed E-state index contributed by atoms with van der Waals surface area (Å²) in [6, 6.07) is 13.8. The molecule has 0 fully saturated rings. The molecule has 0 radical (unpaired) electrons. The van der Waals surface area contributed by atoms with Gasteiger partial charge in [0, 0.05) is 18.4 Å². The molecule has 0 bridgehead atoms. The number of thioether (sulfide) groups is 1. The number of halogens is 1. The molecule has 0 aliphatic heterocycles. The third kappa shape index (κ3) is 4.53. The van der Waals surface area contributed by atoms with Crippen LogP contribution in [0.3, 0.4) is 0 Å². The van der Waals surface area contributed by atoms with Crippen LogP contribution in [0.2, 0.25) is 0 Å². The van der Waals surface area contributed by atoms with Crippen molar-refractivity contribution in [3.8, 4) is 5.69 Å². The van der Waals surface area contributed by atoms with Gasteiger partial charge in [0.2, 0.25) is 5.91 Å². The molecule has 3 aromatic rings. The van der Waals surface area contributed by atoms with Crippen LogP contribution >= 0.6 is 27.7 Å². The topological polar surface area (TPSA) is 51.0 Å². The number of aromatic nitrogens is 3. The minimum absolute atomic E-state index is 0.0784. The lowest BCUT2D eigenvalue weighted by Gasteiger charge is -2.21. The highest BCUT2D eigenvalue weighted by molar-refractivity contribution is 9.10. The van der Waals surface area contributed by atoms with Gasteiger partial charge in [0.15, 0.2) is 4.60 Å². The van der Waals surface area contributed by atoms with Gasteiger partial charge in [-0.05, 0) is 39.9 Å². The van der Waals surface area contributed by atoms with Crippen LogP contribution in [0.15, 0.2) is 65.7 Å². The van der Waals surface area contributed by atoms with E-state index in [2.05, 4.69) is 26.0 Å². The lowest BCUT2D eigenvalue weighted by atomic mass is 10.2. The molecule has 7 heteroatoms. The first-order chi connectivity index (χ1) is 12.7. The van der Waals surface area contributed by atoms with Crippen molar-refractivity contribution in [3.05, 3.63) is 71.2 Å². The summed E-state index contributed by atoms with van der Waals surface area (Å²) < 4.78 is 2.36. The maximum Gasteiger partial charge on any atom is 0.228 e. The second kappa shape index (κ2) is 9.00. The van der Waals surface area contributed by atoms with Gasteiger partial charge in [0.1, 0.15) is 0 Å². The molecule has 0 N–H and O–H groups in total. The number of hydrogen-bond acceptors (Lipinski definition) is 4. The molecule has 0 unspecified atom stereocenters. The number of carbonyl (C=O) groups excluding carboxylic acids is 1. The van der Waals surface area contributed by atoms with Crippen LogP contribution in [0.5, 0.6) is 0 Å². The molecule has 5 nitrogen and oxygen atoms in total. The zero-order valence-electron chi connectivity index (χ0n) is 14.4. The Balaban J connectivity index is 1.93. The van der Waals surface area contributed by atoms with Crippen LogP contribution in [0.4, 0.5) is 5.69 Å². The summed E-state index contributed by atoms with van der Waals surface area (Å²) in [5.74, 6) is 0.869. The predicted octanol–water partition coefficient (Wildman–Crippen LogP) is 4.32. The van der Waals surface area contributed by atoms with Crippen molar-refractivity contribution in [3.63, 3.8) is 0 Å². The van der Waals surface area contributed by atoms with E-state index in [1.165, 1.54) is 0 Å². The first kappa shape index (κ1) is 18.7. The largest absolute Gasteiger partial charge is 0.304 e. The Kier molecular flexibility index (Phi) is 6.46. The average molecular weight is 431 g/mol. The van der Waals surface area contributed by atoms with Gasteiger partial charge in [0.05, 0.1) is 30.3 Å². The second-order valence-electron chi connectivity index (χ2n) is 5.67. The summed E-state index contributed by atoms with van der Waals surface area (Å²) in [7, 11) is 0. The molecular weight excluding hydrogens is 412 g/mol. The number of hydrogen-bond donors (Lipinski definition) is 0. The quantitative estimate of drug-likeness (QED) is 0.559. The summed E-state index contributed by atoms with van der Waals surface area (Å²) in [6.45, 7) is 0.505. The first-order valence-electron chi connectivity index (χ1n) is 8.18. The van der Waals surface area contributed by atoms with E-state index in [1.807, 2.05) is 54.9 Å². The second-order valence-corrected chi connectivity index (χ2v) is 7.41. The smallest absolute Gasteiger partial charge is 0.228 e. The maximum absolute atomic E-state index is 12.8. The van der Waals surface area contributed by atoms with Crippen molar-refractivity contribution in [2.24, 2.45) is 0 Å². The van der Waals surface area contributed by atoms with Gasteiger partial charge in [-0.25, -0.2) is 4.68 Å². The summed E-state index contributed by atoms with van der Waals surface area (Å²) in [5.41, 5.74) is 2.67. The van der Waals surface area contributed by atoms with Crippen molar-refractivity contribution < 1.29 is 4.79 Å². The Morgan fingerprint density at radius 2 is 2.04 bits per heavy atom. The SMILES string of the molecule is CSCCC(=O)N(Cc1ccccc1)c1cn(-c2cccnc2)nc1Br. The van der Waals surface area contributed by atoms with Crippen LogP contribution in [-0.4, -0.2) is 32.7 Å². The van der Waals surface area contributed by atoms with E-state index in [4.69, 9.17) is 0 Å². The van der Waals surface area contributed by atoms with Crippen molar-refractivity contribution in [1.82, 2.24) is 14.8 Å². The molecule has 0 aliphatic carbocycles. The highest BCUT2D eigenvalue weighted by atomic mass is 79.9. The standard InChI is InChI=1S/C19H19BrN4OS/c1-26-11-9-18(25)23(13-15-6-3-2-4-7-15)17-14-24(22-19(17)20)16-8-5-10-21-12-16/h2-8,10,12,14H,9,11,13H2,1H3. The van der Waals surface area contributed by atoms with Crippen molar-refractivity contribution in [2.75, 3.05) is 16.9 Å². The Morgan fingerprint density at radius 1 is 1.23 bits per heavy atom. The average Bonchev–Trinajstić information content (AvgIpc) is 3.07. The molecule has 0 saturated heterocycles. The fourth-order valence-electron chi connectivity index (χ4n) is 2.54. The van der Waals surface area contributed by atoms with E-state index in [1.54, 1.807) is 33.7 Å².